The lowest BCUT2D eigenvalue weighted by Crippen LogP contribution is -1.96. The van der Waals surface area contributed by atoms with Gasteiger partial charge < -0.3 is 5.11 Å². The van der Waals surface area contributed by atoms with E-state index in [0.717, 1.165) is 16.8 Å². The van der Waals surface area contributed by atoms with Gasteiger partial charge in [0.2, 0.25) is 0 Å². The van der Waals surface area contributed by atoms with Crippen LogP contribution in [0.2, 0.25) is 5.02 Å². The van der Waals surface area contributed by atoms with Crippen LogP contribution >= 0.6 is 11.6 Å². The standard InChI is InChI=1S/C21H14ClN3O2/c22-19-7-6-15(21(26)27)12-17(19)18-13-25(16-4-2-1-3-5-16)24-20(18)14-8-10-23-11-9-14/h1-13H,(H,26,27). The molecule has 0 spiro atoms. The topological polar surface area (TPSA) is 68.0 Å². The van der Waals surface area contributed by atoms with Crippen LogP contribution in [0, 0.1) is 0 Å². The minimum Gasteiger partial charge on any atom is -0.478 e. The van der Waals surface area contributed by atoms with E-state index in [1.807, 2.05) is 48.7 Å². The number of aromatic nitrogens is 3. The summed E-state index contributed by atoms with van der Waals surface area (Å²) < 4.78 is 1.76. The average Bonchev–Trinajstić information content (AvgIpc) is 3.15. The fraction of sp³-hybridized carbons (Fsp3) is 0. The number of carboxylic acid groups (broad SMARTS) is 1. The number of carboxylic acids is 1. The van der Waals surface area contributed by atoms with Crippen molar-refractivity contribution in [1.29, 1.82) is 0 Å². The first kappa shape index (κ1) is 17.0. The molecule has 5 nitrogen and oxygen atoms in total. The Labute approximate surface area is 160 Å². The molecule has 0 radical (unpaired) electrons. The zero-order chi connectivity index (χ0) is 18.8. The van der Waals surface area contributed by atoms with Gasteiger partial charge in [0.1, 0.15) is 5.69 Å². The Morgan fingerprint density at radius 1 is 0.963 bits per heavy atom. The zero-order valence-electron chi connectivity index (χ0n) is 14.1. The van der Waals surface area contributed by atoms with Gasteiger partial charge in [-0.15, -0.1) is 0 Å². The molecule has 0 saturated heterocycles. The number of benzene rings is 2. The van der Waals surface area contributed by atoms with Gasteiger partial charge in [0.05, 0.1) is 11.3 Å². The molecule has 2 aromatic carbocycles. The van der Waals surface area contributed by atoms with Crippen LogP contribution in [-0.2, 0) is 0 Å². The number of nitrogens with zero attached hydrogens (tertiary/aromatic N) is 3. The monoisotopic (exact) mass is 375 g/mol. The Morgan fingerprint density at radius 3 is 2.41 bits per heavy atom. The number of para-hydroxylation sites is 1. The van der Waals surface area contributed by atoms with E-state index in [9.17, 15) is 9.90 Å². The molecule has 0 aliphatic heterocycles. The Hall–Kier alpha value is -3.44. The number of pyridine rings is 1. The van der Waals surface area contributed by atoms with Crippen LogP contribution in [0.3, 0.4) is 0 Å². The van der Waals surface area contributed by atoms with Crippen LogP contribution in [-0.4, -0.2) is 25.8 Å². The van der Waals surface area contributed by atoms with E-state index in [-0.39, 0.29) is 5.56 Å². The number of halogens is 1. The number of hydrogen-bond donors (Lipinski definition) is 1. The van der Waals surface area contributed by atoms with E-state index in [1.165, 1.54) is 6.07 Å². The van der Waals surface area contributed by atoms with Gasteiger partial charge >= 0.3 is 5.97 Å². The highest BCUT2D eigenvalue weighted by molar-refractivity contribution is 6.33. The van der Waals surface area contributed by atoms with Crippen molar-refractivity contribution >= 4 is 17.6 Å². The van der Waals surface area contributed by atoms with Gasteiger partial charge in [-0.05, 0) is 42.5 Å². The summed E-state index contributed by atoms with van der Waals surface area (Å²) in [7, 11) is 0. The van der Waals surface area contributed by atoms with Crippen LogP contribution in [0.1, 0.15) is 10.4 Å². The molecular weight excluding hydrogens is 362 g/mol. The third-order valence-corrected chi connectivity index (χ3v) is 4.52. The summed E-state index contributed by atoms with van der Waals surface area (Å²) in [6.45, 7) is 0. The zero-order valence-corrected chi connectivity index (χ0v) is 14.8. The SMILES string of the molecule is O=C(O)c1ccc(Cl)c(-c2cn(-c3ccccc3)nc2-c2ccncc2)c1. The number of rotatable bonds is 4. The van der Waals surface area contributed by atoms with Gasteiger partial charge in [-0.25, -0.2) is 9.48 Å². The number of aromatic carboxylic acids is 1. The molecule has 0 unspecified atom stereocenters. The Balaban J connectivity index is 1.96. The maximum Gasteiger partial charge on any atom is 0.335 e. The van der Waals surface area contributed by atoms with Gasteiger partial charge in [-0.2, -0.15) is 5.10 Å². The summed E-state index contributed by atoms with van der Waals surface area (Å²) in [5, 5.41) is 14.5. The molecule has 0 bridgehead atoms. The number of hydrogen-bond acceptors (Lipinski definition) is 3. The Bertz CT molecular complexity index is 1110. The summed E-state index contributed by atoms with van der Waals surface area (Å²) in [4.78, 5) is 15.5. The predicted molar refractivity (Wildman–Crippen MR) is 104 cm³/mol. The molecule has 132 valence electrons. The first-order valence-electron chi connectivity index (χ1n) is 8.22. The minimum absolute atomic E-state index is 0.169. The quantitative estimate of drug-likeness (QED) is 0.547. The third kappa shape index (κ3) is 3.32. The van der Waals surface area contributed by atoms with E-state index in [2.05, 4.69) is 4.98 Å². The first-order valence-corrected chi connectivity index (χ1v) is 8.60. The molecule has 4 aromatic rings. The highest BCUT2D eigenvalue weighted by Crippen LogP contribution is 2.36. The van der Waals surface area contributed by atoms with Crippen molar-refractivity contribution < 1.29 is 9.90 Å². The summed E-state index contributed by atoms with van der Waals surface area (Å²) in [6.07, 6.45) is 5.24. The minimum atomic E-state index is -1.01. The summed E-state index contributed by atoms with van der Waals surface area (Å²) >= 11 is 6.41. The van der Waals surface area contributed by atoms with E-state index in [1.54, 1.807) is 29.2 Å². The van der Waals surface area contributed by atoms with Crippen LogP contribution in [0.5, 0.6) is 0 Å². The molecule has 0 aliphatic rings. The highest BCUT2D eigenvalue weighted by Gasteiger charge is 2.18. The van der Waals surface area contributed by atoms with E-state index in [0.29, 0.717) is 16.3 Å². The molecular formula is C21H14ClN3O2. The lowest BCUT2D eigenvalue weighted by Gasteiger charge is -2.06. The second-order valence-electron chi connectivity index (χ2n) is 5.91. The Kier molecular flexibility index (Phi) is 4.44. The van der Waals surface area contributed by atoms with Gasteiger partial charge in [-0.3, -0.25) is 4.98 Å². The van der Waals surface area contributed by atoms with E-state index in [4.69, 9.17) is 16.7 Å². The molecule has 0 aliphatic carbocycles. The molecule has 2 aromatic heterocycles. The van der Waals surface area contributed by atoms with Crippen molar-refractivity contribution in [3.05, 3.63) is 89.8 Å². The molecule has 0 amide bonds. The Morgan fingerprint density at radius 2 is 1.70 bits per heavy atom. The highest BCUT2D eigenvalue weighted by atomic mass is 35.5. The number of carbonyl (C=O) groups is 1. The van der Waals surface area contributed by atoms with Crippen molar-refractivity contribution in [1.82, 2.24) is 14.8 Å². The third-order valence-electron chi connectivity index (χ3n) is 4.19. The lowest BCUT2D eigenvalue weighted by atomic mass is 10.0. The molecule has 27 heavy (non-hydrogen) atoms. The maximum absolute atomic E-state index is 11.4. The van der Waals surface area contributed by atoms with Crippen molar-refractivity contribution in [2.24, 2.45) is 0 Å². The van der Waals surface area contributed by atoms with Crippen LogP contribution < -0.4 is 0 Å². The lowest BCUT2D eigenvalue weighted by molar-refractivity contribution is 0.0697. The summed E-state index contributed by atoms with van der Waals surface area (Å²) in [5.74, 6) is -1.01. The normalized spacial score (nSPS) is 10.7. The van der Waals surface area contributed by atoms with Crippen LogP contribution in [0.25, 0.3) is 28.1 Å². The fourth-order valence-electron chi connectivity index (χ4n) is 2.87. The van der Waals surface area contributed by atoms with Crippen molar-refractivity contribution in [2.45, 2.75) is 0 Å². The van der Waals surface area contributed by atoms with Crippen LogP contribution in [0.4, 0.5) is 0 Å². The molecule has 0 atom stereocenters. The second kappa shape index (κ2) is 7.05. The average molecular weight is 376 g/mol. The van der Waals surface area contributed by atoms with Crippen LogP contribution in [0.15, 0.2) is 79.3 Å². The second-order valence-corrected chi connectivity index (χ2v) is 6.31. The molecule has 1 N–H and O–H groups in total. The van der Waals surface area contributed by atoms with E-state index < -0.39 is 5.97 Å². The van der Waals surface area contributed by atoms with Gasteiger partial charge in [0.15, 0.2) is 0 Å². The summed E-state index contributed by atoms with van der Waals surface area (Å²) in [5.41, 5.74) is 3.99. The van der Waals surface area contributed by atoms with Gasteiger partial charge in [0.25, 0.3) is 0 Å². The fourth-order valence-corrected chi connectivity index (χ4v) is 3.09. The first-order chi connectivity index (χ1) is 13.1. The predicted octanol–water partition coefficient (Wildman–Crippen LogP) is 4.95. The molecule has 2 heterocycles. The van der Waals surface area contributed by atoms with Crippen molar-refractivity contribution in [3.63, 3.8) is 0 Å². The van der Waals surface area contributed by atoms with Crippen molar-refractivity contribution in [2.75, 3.05) is 0 Å². The molecule has 4 rings (SSSR count). The molecule has 6 heteroatoms. The maximum atomic E-state index is 11.4. The molecule has 0 fully saturated rings. The molecule has 0 saturated carbocycles. The van der Waals surface area contributed by atoms with E-state index >= 15 is 0 Å². The van der Waals surface area contributed by atoms with Gasteiger partial charge in [-0.1, -0.05) is 29.8 Å². The largest absolute Gasteiger partial charge is 0.478 e. The van der Waals surface area contributed by atoms with Gasteiger partial charge in [0, 0.05) is 40.3 Å². The van der Waals surface area contributed by atoms with Crippen molar-refractivity contribution in [3.8, 4) is 28.1 Å². The summed E-state index contributed by atoms with van der Waals surface area (Å²) in [6, 6.07) is 18.1. The smallest absolute Gasteiger partial charge is 0.335 e.